The molecule has 0 amide bonds. The smallest absolute Gasteiger partial charge is 0.305 e. The summed E-state index contributed by atoms with van der Waals surface area (Å²) in [5, 5.41) is 14.5. The van der Waals surface area contributed by atoms with Crippen molar-refractivity contribution < 1.29 is 9.90 Å². The van der Waals surface area contributed by atoms with Crippen LogP contribution in [0, 0.1) is 0 Å². The van der Waals surface area contributed by atoms with Gasteiger partial charge in [0.2, 0.25) is 0 Å². The van der Waals surface area contributed by atoms with Gasteiger partial charge in [-0.1, -0.05) is 25.3 Å². The van der Waals surface area contributed by atoms with Crippen LogP contribution in [-0.4, -0.2) is 17.1 Å². The molecule has 1 heterocycles. The molecule has 0 aliphatic heterocycles. The van der Waals surface area contributed by atoms with Gasteiger partial charge >= 0.3 is 5.97 Å². The Morgan fingerprint density at radius 3 is 2.82 bits per heavy atom. The third-order valence-corrected chi connectivity index (χ3v) is 4.29. The number of nitrogens with one attached hydrogen (secondary N) is 1. The van der Waals surface area contributed by atoms with E-state index in [9.17, 15) is 4.79 Å². The summed E-state index contributed by atoms with van der Waals surface area (Å²) in [4.78, 5) is 12.0. The van der Waals surface area contributed by atoms with Crippen molar-refractivity contribution in [3.63, 3.8) is 0 Å². The number of thiophene rings is 1. The van der Waals surface area contributed by atoms with Gasteiger partial charge in [0, 0.05) is 10.9 Å². The molecule has 0 spiro atoms. The molecule has 0 aromatic carbocycles. The van der Waals surface area contributed by atoms with Gasteiger partial charge in [-0.2, -0.15) is 0 Å². The van der Waals surface area contributed by atoms with E-state index in [0.717, 1.165) is 4.88 Å². The molecule has 17 heavy (non-hydrogen) atoms. The van der Waals surface area contributed by atoms with Crippen molar-refractivity contribution in [1.82, 2.24) is 5.32 Å². The van der Waals surface area contributed by atoms with Gasteiger partial charge in [-0.25, -0.2) is 0 Å². The molecule has 2 rings (SSSR count). The standard InChI is InChI=1S/C13H19NO2S/c15-13(16)9-11(12-7-4-8-17-12)14-10-5-2-1-3-6-10/h4,7-8,10-11,14H,1-3,5-6,9H2,(H,15,16). The van der Waals surface area contributed by atoms with Gasteiger partial charge < -0.3 is 10.4 Å². The molecular weight excluding hydrogens is 234 g/mol. The van der Waals surface area contributed by atoms with E-state index < -0.39 is 5.97 Å². The second kappa shape index (κ2) is 6.17. The molecule has 1 fully saturated rings. The molecule has 3 nitrogen and oxygen atoms in total. The number of carboxylic acid groups (broad SMARTS) is 1. The average molecular weight is 253 g/mol. The summed E-state index contributed by atoms with van der Waals surface area (Å²) in [6, 6.07) is 4.48. The molecule has 94 valence electrons. The zero-order valence-electron chi connectivity index (χ0n) is 9.89. The molecule has 1 aliphatic carbocycles. The van der Waals surface area contributed by atoms with Crippen LogP contribution in [0.2, 0.25) is 0 Å². The van der Waals surface area contributed by atoms with Gasteiger partial charge in [0.1, 0.15) is 0 Å². The molecule has 1 aromatic heterocycles. The highest BCUT2D eigenvalue weighted by Crippen LogP contribution is 2.26. The summed E-state index contributed by atoms with van der Waals surface area (Å²) < 4.78 is 0. The zero-order valence-corrected chi connectivity index (χ0v) is 10.7. The Morgan fingerprint density at radius 2 is 2.24 bits per heavy atom. The Labute approximate surface area is 106 Å². The zero-order chi connectivity index (χ0) is 12.1. The monoisotopic (exact) mass is 253 g/mol. The van der Waals surface area contributed by atoms with Gasteiger partial charge in [-0.05, 0) is 24.3 Å². The van der Waals surface area contributed by atoms with Crippen LogP contribution in [0.3, 0.4) is 0 Å². The fraction of sp³-hybridized carbons (Fsp3) is 0.615. The molecule has 1 saturated carbocycles. The first-order valence-electron chi connectivity index (χ1n) is 6.27. The number of hydrogen-bond donors (Lipinski definition) is 2. The van der Waals surface area contributed by atoms with E-state index in [1.165, 1.54) is 32.1 Å². The van der Waals surface area contributed by atoms with Crippen molar-refractivity contribution in [2.45, 2.75) is 50.6 Å². The van der Waals surface area contributed by atoms with Crippen molar-refractivity contribution >= 4 is 17.3 Å². The van der Waals surface area contributed by atoms with Crippen molar-refractivity contribution in [1.29, 1.82) is 0 Å². The van der Waals surface area contributed by atoms with Crippen molar-refractivity contribution in [3.05, 3.63) is 22.4 Å². The van der Waals surface area contributed by atoms with Crippen LogP contribution in [0.4, 0.5) is 0 Å². The van der Waals surface area contributed by atoms with E-state index in [1.54, 1.807) is 11.3 Å². The molecule has 4 heteroatoms. The van der Waals surface area contributed by atoms with E-state index in [1.807, 2.05) is 17.5 Å². The molecule has 2 N–H and O–H groups in total. The molecular formula is C13H19NO2S. The summed E-state index contributed by atoms with van der Waals surface area (Å²) in [7, 11) is 0. The van der Waals surface area contributed by atoms with Crippen LogP contribution in [-0.2, 0) is 4.79 Å². The molecule has 0 radical (unpaired) electrons. The highest BCUT2D eigenvalue weighted by molar-refractivity contribution is 7.10. The number of aliphatic carboxylic acids is 1. The summed E-state index contributed by atoms with van der Waals surface area (Å²) >= 11 is 1.64. The SMILES string of the molecule is O=C(O)CC(NC1CCCCC1)c1cccs1. The molecule has 1 aromatic rings. The van der Waals surface area contributed by atoms with E-state index in [4.69, 9.17) is 5.11 Å². The first kappa shape index (κ1) is 12.6. The van der Waals surface area contributed by atoms with E-state index in [0.29, 0.717) is 6.04 Å². The molecule has 0 saturated heterocycles. The van der Waals surface area contributed by atoms with Crippen LogP contribution in [0.15, 0.2) is 17.5 Å². The Balaban J connectivity index is 1.97. The van der Waals surface area contributed by atoms with Crippen molar-refractivity contribution in [3.8, 4) is 0 Å². The Bertz CT molecular complexity index is 344. The van der Waals surface area contributed by atoms with Gasteiger partial charge in [0.05, 0.1) is 12.5 Å². The first-order chi connectivity index (χ1) is 8.25. The van der Waals surface area contributed by atoms with Gasteiger partial charge in [0.25, 0.3) is 0 Å². The summed E-state index contributed by atoms with van der Waals surface area (Å²) in [6.45, 7) is 0. The lowest BCUT2D eigenvalue weighted by Gasteiger charge is -2.27. The maximum atomic E-state index is 10.9. The fourth-order valence-corrected chi connectivity index (χ4v) is 3.25. The second-order valence-electron chi connectivity index (χ2n) is 4.67. The average Bonchev–Trinajstić information content (AvgIpc) is 2.82. The minimum Gasteiger partial charge on any atom is -0.481 e. The maximum absolute atomic E-state index is 10.9. The highest BCUT2D eigenvalue weighted by atomic mass is 32.1. The predicted molar refractivity (Wildman–Crippen MR) is 69.3 cm³/mol. The number of hydrogen-bond acceptors (Lipinski definition) is 3. The van der Waals surface area contributed by atoms with Crippen LogP contribution >= 0.6 is 11.3 Å². The van der Waals surface area contributed by atoms with Crippen LogP contribution in [0.1, 0.15) is 49.4 Å². The normalized spacial score (nSPS) is 19.1. The van der Waals surface area contributed by atoms with Crippen molar-refractivity contribution in [2.75, 3.05) is 0 Å². The van der Waals surface area contributed by atoms with Crippen LogP contribution in [0.25, 0.3) is 0 Å². The quantitative estimate of drug-likeness (QED) is 0.847. The number of carboxylic acids is 1. The largest absolute Gasteiger partial charge is 0.481 e. The Kier molecular flexibility index (Phi) is 4.57. The minimum absolute atomic E-state index is 0.0180. The summed E-state index contributed by atoms with van der Waals surface area (Å²) in [6.07, 6.45) is 6.39. The van der Waals surface area contributed by atoms with Crippen LogP contribution < -0.4 is 5.32 Å². The maximum Gasteiger partial charge on any atom is 0.305 e. The van der Waals surface area contributed by atoms with E-state index >= 15 is 0 Å². The Morgan fingerprint density at radius 1 is 1.47 bits per heavy atom. The minimum atomic E-state index is -0.730. The fourth-order valence-electron chi connectivity index (χ4n) is 2.46. The van der Waals surface area contributed by atoms with E-state index in [-0.39, 0.29) is 12.5 Å². The Hall–Kier alpha value is -0.870. The molecule has 1 aliphatic rings. The third kappa shape index (κ3) is 3.82. The highest BCUT2D eigenvalue weighted by Gasteiger charge is 2.21. The van der Waals surface area contributed by atoms with Crippen molar-refractivity contribution in [2.24, 2.45) is 0 Å². The lowest BCUT2D eigenvalue weighted by atomic mass is 9.94. The lowest BCUT2D eigenvalue weighted by molar-refractivity contribution is -0.137. The third-order valence-electron chi connectivity index (χ3n) is 3.31. The summed E-state index contributed by atoms with van der Waals surface area (Å²) in [5.41, 5.74) is 0. The first-order valence-corrected chi connectivity index (χ1v) is 7.15. The molecule has 1 unspecified atom stereocenters. The molecule has 0 bridgehead atoms. The molecule has 1 atom stereocenters. The topological polar surface area (TPSA) is 49.3 Å². The van der Waals surface area contributed by atoms with Gasteiger partial charge in [-0.15, -0.1) is 11.3 Å². The van der Waals surface area contributed by atoms with Gasteiger partial charge in [0.15, 0.2) is 0 Å². The van der Waals surface area contributed by atoms with Gasteiger partial charge in [-0.3, -0.25) is 4.79 Å². The van der Waals surface area contributed by atoms with Crippen LogP contribution in [0.5, 0.6) is 0 Å². The summed E-state index contributed by atoms with van der Waals surface area (Å²) in [5.74, 6) is -0.730. The second-order valence-corrected chi connectivity index (χ2v) is 5.65. The predicted octanol–water partition coefficient (Wildman–Crippen LogP) is 3.19. The lowest BCUT2D eigenvalue weighted by Crippen LogP contribution is -2.35. The number of carbonyl (C=O) groups is 1. The number of rotatable bonds is 5. The van der Waals surface area contributed by atoms with E-state index in [2.05, 4.69) is 5.32 Å².